The zero-order valence-corrected chi connectivity index (χ0v) is 11.1. The van der Waals surface area contributed by atoms with E-state index in [1.807, 2.05) is 18.2 Å². The highest BCUT2D eigenvalue weighted by Crippen LogP contribution is 2.18. The Morgan fingerprint density at radius 1 is 1.35 bits per heavy atom. The van der Waals surface area contributed by atoms with Gasteiger partial charge in [-0.2, -0.15) is 0 Å². The lowest BCUT2D eigenvalue weighted by atomic mass is 10.2. The second-order valence-electron chi connectivity index (χ2n) is 3.38. The molecular formula is C12H9BrClNO2. The van der Waals surface area contributed by atoms with Crippen molar-refractivity contribution in [3.8, 4) is 0 Å². The van der Waals surface area contributed by atoms with Gasteiger partial charge < -0.3 is 9.73 Å². The molecule has 1 N–H and O–H groups in total. The van der Waals surface area contributed by atoms with Crippen molar-refractivity contribution in [1.29, 1.82) is 0 Å². The highest BCUT2D eigenvalue weighted by Gasteiger charge is 2.12. The average molecular weight is 315 g/mol. The number of halogens is 2. The minimum absolute atomic E-state index is 0.203. The zero-order valence-electron chi connectivity index (χ0n) is 8.74. The van der Waals surface area contributed by atoms with E-state index < -0.39 is 0 Å². The second kappa shape index (κ2) is 5.38. The van der Waals surface area contributed by atoms with E-state index in [9.17, 15) is 4.79 Å². The van der Waals surface area contributed by atoms with Crippen LogP contribution in [0, 0.1) is 0 Å². The molecule has 17 heavy (non-hydrogen) atoms. The lowest BCUT2D eigenvalue weighted by Crippen LogP contribution is -2.22. The molecule has 0 spiro atoms. The summed E-state index contributed by atoms with van der Waals surface area (Å²) in [4.78, 5) is 11.8. The molecule has 0 saturated heterocycles. The van der Waals surface area contributed by atoms with Crippen molar-refractivity contribution >= 4 is 33.4 Å². The van der Waals surface area contributed by atoms with Gasteiger partial charge in [-0.25, -0.2) is 0 Å². The number of furan rings is 1. The monoisotopic (exact) mass is 313 g/mol. The third-order valence-corrected chi connectivity index (χ3v) is 3.24. The number of benzene rings is 1. The molecule has 1 aromatic heterocycles. The summed E-state index contributed by atoms with van der Waals surface area (Å²) in [6, 6.07) is 8.98. The van der Waals surface area contributed by atoms with Crippen LogP contribution in [0.2, 0.25) is 5.02 Å². The second-order valence-corrected chi connectivity index (χ2v) is 4.51. The molecule has 2 aromatic rings. The number of amides is 1. The molecule has 2 rings (SSSR count). The molecule has 5 heteroatoms. The van der Waals surface area contributed by atoms with E-state index in [-0.39, 0.29) is 5.91 Å². The fourth-order valence-corrected chi connectivity index (χ4v) is 1.99. The average Bonchev–Trinajstić information content (AvgIpc) is 2.74. The Bertz CT molecular complexity index is 539. The normalized spacial score (nSPS) is 10.2. The third kappa shape index (κ3) is 2.90. The van der Waals surface area contributed by atoms with Gasteiger partial charge in [-0.05, 0) is 33.6 Å². The Labute approximate surface area is 112 Å². The molecule has 0 bridgehead atoms. The summed E-state index contributed by atoms with van der Waals surface area (Å²) >= 11 is 9.14. The number of carbonyl (C=O) groups is 1. The molecule has 0 radical (unpaired) electrons. The molecule has 0 aliphatic rings. The molecule has 1 aromatic carbocycles. The summed E-state index contributed by atoms with van der Waals surface area (Å²) in [6.07, 6.45) is 1.45. The predicted octanol–water partition coefficient (Wildman–Crippen LogP) is 3.63. The fourth-order valence-electron chi connectivity index (χ4n) is 1.37. The summed E-state index contributed by atoms with van der Waals surface area (Å²) < 4.78 is 5.42. The van der Waals surface area contributed by atoms with Crippen molar-refractivity contribution < 1.29 is 9.21 Å². The molecule has 88 valence electrons. The van der Waals surface area contributed by atoms with Crippen LogP contribution < -0.4 is 5.32 Å². The van der Waals surface area contributed by atoms with Crippen LogP contribution in [0.3, 0.4) is 0 Å². The van der Waals surface area contributed by atoms with Gasteiger partial charge in [-0.1, -0.05) is 29.8 Å². The Morgan fingerprint density at radius 2 is 2.12 bits per heavy atom. The van der Waals surface area contributed by atoms with Crippen LogP contribution in [0.5, 0.6) is 0 Å². The van der Waals surface area contributed by atoms with E-state index in [1.165, 1.54) is 6.26 Å². The minimum Gasteiger partial charge on any atom is -0.457 e. The molecule has 0 aliphatic carbocycles. The molecule has 0 saturated carbocycles. The summed E-state index contributed by atoms with van der Waals surface area (Å²) in [7, 11) is 0. The van der Waals surface area contributed by atoms with E-state index in [2.05, 4.69) is 21.2 Å². The van der Waals surface area contributed by atoms with Crippen LogP contribution in [0.1, 0.15) is 15.9 Å². The molecule has 0 fully saturated rings. The molecule has 0 unspecified atom stereocenters. The van der Waals surface area contributed by atoms with Crippen molar-refractivity contribution in [2.75, 3.05) is 0 Å². The SMILES string of the molecule is O=C(NCc1ccccc1Cl)c1ccoc1Br. The smallest absolute Gasteiger partial charge is 0.256 e. The van der Waals surface area contributed by atoms with Gasteiger partial charge in [-0.15, -0.1) is 0 Å². The number of hydrogen-bond donors (Lipinski definition) is 1. The summed E-state index contributed by atoms with van der Waals surface area (Å²) in [6.45, 7) is 0.385. The van der Waals surface area contributed by atoms with Crippen molar-refractivity contribution in [3.63, 3.8) is 0 Å². The Kier molecular flexibility index (Phi) is 3.86. The first-order chi connectivity index (χ1) is 8.18. The topological polar surface area (TPSA) is 42.2 Å². The number of rotatable bonds is 3. The van der Waals surface area contributed by atoms with Crippen molar-refractivity contribution in [2.45, 2.75) is 6.54 Å². The van der Waals surface area contributed by atoms with E-state index in [4.69, 9.17) is 16.0 Å². The number of nitrogens with one attached hydrogen (secondary N) is 1. The van der Waals surface area contributed by atoms with Gasteiger partial charge in [0.15, 0.2) is 4.67 Å². The molecule has 3 nitrogen and oxygen atoms in total. The van der Waals surface area contributed by atoms with Gasteiger partial charge in [0, 0.05) is 11.6 Å². The van der Waals surface area contributed by atoms with Crippen molar-refractivity contribution in [1.82, 2.24) is 5.32 Å². The van der Waals surface area contributed by atoms with Crippen LogP contribution in [0.15, 0.2) is 45.7 Å². The van der Waals surface area contributed by atoms with E-state index in [0.29, 0.717) is 21.8 Å². The molecule has 0 aliphatic heterocycles. The first-order valence-corrected chi connectivity index (χ1v) is 6.10. The molecule has 1 heterocycles. The van der Waals surface area contributed by atoms with Gasteiger partial charge in [0.05, 0.1) is 11.8 Å². The minimum atomic E-state index is -0.203. The highest BCUT2D eigenvalue weighted by molar-refractivity contribution is 9.10. The molecule has 1 amide bonds. The summed E-state index contributed by atoms with van der Waals surface area (Å²) in [5.74, 6) is -0.203. The van der Waals surface area contributed by atoms with Gasteiger partial charge in [0.1, 0.15) is 0 Å². The van der Waals surface area contributed by atoms with Gasteiger partial charge >= 0.3 is 0 Å². The van der Waals surface area contributed by atoms with E-state index in [0.717, 1.165) is 5.56 Å². The lowest BCUT2D eigenvalue weighted by Gasteiger charge is -2.05. The molecular weight excluding hydrogens is 305 g/mol. The largest absolute Gasteiger partial charge is 0.457 e. The maximum absolute atomic E-state index is 11.8. The Hall–Kier alpha value is -1.26. The number of carbonyl (C=O) groups excluding carboxylic acids is 1. The summed E-state index contributed by atoms with van der Waals surface area (Å²) in [5, 5.41) is 3.41. The quantitative estimate of drug-likeness (QED) is 0.940. The Balaban J connectivity index is 2.02. The first kappa shape index (κ1) is 12.2. The molecule has 0 atom stereocenters. The van der Waals surface area contributed by atoms with Crippen LogP contribution >= 0.6 is 27.5 Å². The van der Waals surface area contributed by atoms with Crippen LogP contribution in [-0.2, 0) is 6.54 Å². The van der Waals surface area contributed by atoms with Crippen molar-refractivity contribution in [3.05, 3.63) is 57.4 Å². The van der Waals surface area contributed by atoms with Crippen LogP contribution in [0.4, 0.5) is 0 Å². The van der Waals surface area contributed by atoms with Gasteiger partial charge in [-0.3, -0.25) is 4.79 Å². The number of hydrogen-bond acceptors (Lipinski definition) is 2. The third-order valence-electron chi connectivity index (χ3n) is 2.26. The maximum Gasteiger partial charge on any atom is 0.256 e. The van der Waals surface area contributed by atoms with E-state index in [1.54, 1.807) is 12.1 Å². The predicted molar refractivity (Wildman–Crippen MR) is 69.0 cm³/mol. The summed E-state index contributed by atoms with van der Waals surface area (Å²) in [5.41, 5.74) is 1.35. The van der Waals surface area contributed by atoms with Crippen LogP contribution in [0.25, 0.3) is 0 Å². The standard InChI is InChI=1S/C12H9BrClNO2/c13-11-9(5-6-17-11)12(16)15-7-8-3-1-2-4-10(8)14/h1-6H,7H2,(H,15,16). The first-order valence-electron chi connectivity index (χ1n) is 4.93. The van der Waals surface area contributed by atoms with Crippen molar-refractivity contribution in [2.24, 2.45) is 0 Å². The fraction of sp³-hybridized carbons (Fsp3) is 0.0833. The van der Waals surface area contributed by atoms with Gasteiger partial charge in [0.2, 0.25) is 0 Å². The van der Waals surface area contributed by atoms with E-state index >= 15 is 0 Å². The van der Waals surface area contributed by atoms with Crippen LogP contribution in [-0.4, -0.2) is 5.91 Å². The van der Waals surface area contributed by atoms with Gasteiger partial charge in [0.25, 0.3) is 5.91 Å². The lowest BCUT2D eigenvalue weighted by molar-refractivity contribution is 0.0949. The maximum atomic E-state index is 11.8. The zero-order chi connectivity index (χ0) is 12.3. The Morgan fingerprint density at radius 3 is 2.76 bits per heavy atom. The highest BCUT2D eigenvalue weighted by atomic mass is 79.9.